The zero-order valence-electron chi connectivity index (χ0n) is 11.4. The Kier molecular flexibility index (Phi) is 3.69. The van der Waals surface area contributed by atoms with Gasteiger partial charge in [-0.25, -0.2) is 0 Å². The van der Waals surface area contributed by atoms with Crippen LogP contribution in [-0.2, 0) is 4.79 Å². The molecule has 19 heavy (non-hydrogen) atoms. The van der Waals surface area contributed by atoms with Crippen LogP contribution in [0.1, 0.15) is 6.92 Å². The van der Waals surface area contributed by atoms with Gasteiger partial charge in [0.15, 0.2) is 11.5 Å². The van der Waals surface area contributed by atoms with Crippen molar-refractivity contribution in [3.05, 3.63) is 12.1 Å². The molecule has 6 nitrogen and oxygen atoms in total. The smallest absolute Gasteiger partial charge is 0.242 e. The molecule has 2 rings (SSSR count). The van der Waals surface area contributed by atoms with Crippen molar-refractivity contribution in [2.24, 2.45) is 0 Å². The third kappa shape index (κ3) is 2.38. The van der Waals surface area contributed by atoms with E-state index in [2.05, 4.69) is 5.32 Å². The molecule has 1 aliphatic rings. The maximum absolute atomic E-state index is 11.7. The molecule has 1 atom stereocenters. The van der Waals surface area contributed by atoms with Gasteiger partial charge in [-0.05, 0) is 6.92 Å². The Morgan fingerprint density at radius 2 is 1.95 bits per heavy atom. The van der Waals surface area contributed by atoms with E-state index in [1.54, 1.807) is 20.3 Å². The van der Waals surface area contributed by atoms with Crippen molar-refractivity contribution >= 4 is 17.3 Å². The van der Waals surface area contributed by atoms with Crippen molar-refractivity contribution in [1.29, 1.82) is 0 Å². The van der Waals surface area contributed by atoms with Crippen LogP contribution < -0.4 is 25.4 Å². The molecule has 0 saturated carbocycles. The standard InChI is InChI=1S/C13H19N3O3/c1-8-13(17)15-4-5-16(8)10-7-12(19-3)11(18-2)6-9(10)14/h6-8H,4-5,14H2,1-3H3,(H,15,17). The summed E-state index contributed by atoms with van der Waals surface area (Å²) in [5.41, 5.74) is 7.41. The molecular weight excluding hydrogens is 246 g/mol. The molecule has 0 bridgehead atoms. The molecular formula is C13H19N3O3. The van der Waals surface area contributed by atoms with E-state index < -0.39 is 0 Å². The lowest BCUT2D eigenvalue weighted by Gasteiger charge is -2.35. The number of piperazine rings is 1. The van der Waals surface area contributed by atoms with Gasteiger partial charge in [-0.3, -0.25) is 4.79 Å². The summed E-state index contributed by atoms with van der Waals surface area (Å²) >= 11 is 0. The lowest BCUT2D eigenvalue weighted by molar-refractivity contribution is -0.122. The molecule has 1 aliphatic heterocycles. The number of benzene rings is 1. The predicted molar refractivity (Wildman–Crippen MR) is 73.8 cm³/mol. The van der Waals surface area contributed by atoms with Crippen LogP contribution in [0.5, 0.6) is 11.5 Å². The monoisotopic (exact) mass is 265 g/mol. The van der Waals surface area contributed by atoms with Crippen molar-refractivity contribution in [3.63, 3.8) is 0 Å². The van der Waals surface area contributed by atoms with Gasteiger partial charge < -0.3 is 25.4 Å². The number of nitrogens with zero attached hydrogens (tertiary/aromatic N) is 1. The van der Waals surface area contributed by atoms with Crippen LogP contribution in [-0.4, -0.2) is 39.3 Å². The minimum Gasteiger partial charge on any atom is -0.493 e. The number of anilines is 2. The molecule has 1 saturated heterocycles. The molecule has 1 unspecified atom stereocenters. The number of carbonyl (C=O) groups is 1. The Labute approximate surface area is 112 Å². The number of nitrogens with one attached hydrogen (secondary N) is 1. The summed E-state index contributed by atoms with van der Waals surface area (Å²) in [6, 6.07) is 3.27. The Bertz CT molecular complexity index is 490. The molecule has 104 valence electrons. The SMILES string of the molecule is COc1cc(N)c(N2CCNC(=O)C2C)cc1OC. The van der Waals surface area contributed by atoms with Crippen molar-refractivity contribution < 1.29 is 14.3 Å². The van der Waals surface area contributed by atoms with E-state index in [4.69, 9.17) is 15.2 Å². The molecule has 0 spiro atoms. The quantitative estimate of drug-likeness (QED) is 0.783. The van der Waals surface area contributed by atoms with Crippen molar-refractivity contribution in [3.8, 4) is 11.5 Å². The second kappa shape index (κ2) is 5.26. The minimum atomic E-state index is -0.255. The molecule has 3 N–H and O–H groups in total. The third-order valence-corrected chi connectivity index (χ3v) is 3.34. The first-order valence-electron chi connectivity index (χ1n) is 6.14. The second-order valence-electron chi connectivity index (χ2n) is 4.43. The van der Waals surface area contributed by atoms with E-state index in [-0.39, 0.29) is 11.9 Å². The largest absolute Gasteiger partial charge is 0.493 e. The summed E-state index contributed by atoms with van der Waals surface area (Å²) in [5, 5.41) is 2.82. The number of ether oxygens (including phenoxy) is 2. The van der Waals surface area contributed by atoms with Gasteiger partial charge in [-0.2, -0.15) is 0 Å². The fraction of sp³-hybridized carbons (Fsp3) is 0.462. The number of rotatable bonds is 3. The van der Waals surface area contributed by atoms with Crippen LogP contribution in [0.3, 0.4) is 0 Å². The number of nitrogen functional groups attached to an aromatic ring is 1. The number of nitrogens with two attached hydrogens (primary N) is 1. The van der Waals surface area contributed by atoms with E-state index in [9.17, 15) is 4.79 Å². The van der Waals surface area contributed by atoms with E-state index >= 15 is 0 Å². The topological polar surface area (TPSA) is 76.8 Å². The Balaban J connectivity index is 2.41. The Hall–Kier alpha value is -2.11. The average Bonchev–Trinajstić information content (AvgIpc) is 2.42. The molecule has 6 heteroatoms. The van der Waals surface area contributed by atoms with Crippen LogP contribution in [0.4, 0.5) is 11.4 Å². The lowest BCUT2D eigenvalue weighted by atomic mass is 10.1. The normalized spacial score (nSPS) is 19.0. The first kappa shape index (κ1) is 13.3. The lowest BCUT2D eigenvalue weighted by Crippen LogP contribution is -2.54. The number of hydrogen-bond acceptors (Lipinski definition) is 5. The zero-order chi connectivity index (χ0) is 14.0. The van der Waals surface area contributed by atoms with Crippen LogP contribution in [0.2, 0.25) is 0 Å². The fourth-order valence-electron chi connectivity index (χ4n) is 2.24. The number of hydrogen-bond donors (Lipinski definition) is 2. The molecule has 0 aromatic heterocycles. The molecule has 1 heterocycles. The first-order valence-corrected chi connectivity index (χ1v) is 6.14. The summed E-state index contributed by atoms with van der Waals surface area (Å²) in [5.74, 6) is 1.18. The summed E-state index contributed by atoms with van der Waals surface area (Å²) in [7, 11) is 3.14. The van der Waals surface area contributed by atoms with Gasteiger partial charge in [0.2, 0.25) is 5.91 Å². The number of methoxy groups -OCH3 is 2. The summed E-state index contributed by atoms with van der Waals surface area (Å²) in [6.45, 7) is 3.17. The van der Waals surface area contributed by atoms with E-state index in [1.807, 2.05) is 17.9 Å². The Morgan fingerprint density at radius 1 is 1.32 bits per heavy atom. The number of carbonyl (C=O) groups excluding carboxylic acids is 1. The van der Waals surface area contributed by atoms with Gasteiger partial charge in [-0.15, -0.1) is 0 Å². The van der Waals surface area contributed by atoms with Gasteiger partial charge in [0.25, 0.3) is 0 Å². The van der Waals surface area contributed by atoms with Gasteiger partial charge >= 0.3 is 0 Å². The molecule has 1 fully saturated rings. The highest BCUT2D eigenvalue weighted by molar-refractivity contribution is 5.88. The zero-order valence-corrected chi connectivity index (χ0v) is 11.4. The molecule has 1 aromatic rings. The molecule has 1 aromatic carbocycles. The summed E-state index contributed by atoms with van der Waals surface area (Å²) in [6.07, 6.45) is 0. The van der Waals surface area contributed by atoms with E-state index in [1.165, 1.54) is 0 Å². The van der Waals surface area contributed by atoms with Gasteiger partial charge in [0, 0.05) is 25.2 Å². The summed E-state index contributed by atoms with van der Waals surface area (Å²) in [4.78, 5) is 13.7. The van der Waals surface area contributed by atoms with Gasteiger partial charge in [0.05, 0.1) is 25.6 Å². The highest BCUT2D eigenvalue weighted by Crippen LogP contribution is 2.37. The van der Waals surface area contributed by atoms with Crippen LogP contribution >= 0.6 is 0 Å². The molecule has 1 amide bonds. The van der Waals surface area contributed by atoms with Crippen LogP contribution in [0, 0.1) is 0 Å². The highest BCUT2D eigenvalue weighted by Gasteiger charge is 2.27. The van der Waals surface area contributed by atoms with E-state index in [0.717, 1.165) is 5.69 Å². The van der Waals surface area contributed by atoms with Gasteiger partial charge in [0.1, 0.15) is 6.04 Å². The minimum absolute atomic E-state index is 0.000403. The maximum atomic E-state index is 11.7. The number of amides is 1. The van der Waals surface area contributed by atoms with Crippen molar-refractivity contribution in [1.82, 2.24) is 5.32 Å². The van der Waals surface area contributed by atoms with Crippen molar-refractivity contribution in [2.45, 2.75) is 13.0 Å². The third-order valence-electron chi connectivity index (χ3n) is 3.34. The molecule has 0 aliphatic carbocycles. The van der Waals surface area contributed by atoms with Crippen LogP contribution in [0.25, 0.3) is 0 Å². The fourth-order valence-corrected chi connectivity index (χ4v) is 2.24. The Morgan fingerprint density at radius 3 is 2.58 bits per heavy atom. The summed E-state index contributed by atoms with van der Waals surface area (Å²) < 4.78 is 10.5. The van der Waals surface area contributed by atoms with E-state index in [0.29, 0.717) is 30.3 Å². The van der Waals surface area contributed by atoms with Crippen molar-refractivity contribution in [2.75, 3.05) is 37.9 Å². The second-order valence-corrected chi connectivity index (χ2v) is 4.43. The average molecular weight is 265 g/mol. The van der Waals surface area contributed by atoms with Crippen LogP contribution in [0.15, 0.2) is 12.1 Å². The van der Waals surface area contributed by atoms with Gasteiger partial charge in [-0.1, -0.05) is 0 Å². The highest BCUT2D eigenvalue weighted by atomic mass is 16.5. The maximum Gasteiger partial charge on any atom is 0.242 e. The molecule has 0 radical (unpaired) electrons. The predicted octanol–water partition coefficient (Wildman–Crippen LogP) is 0.611. The first-order chi connectivity index (χ1) is 9.08.